The average molecular weight is 703 g/mol. The van der Waals surface area contributed by atoms with Gasteiger partial charge in [-0.15, -0.1) is 6.42 Å². The normalized spacial score (nSPS) is 15.6. The molecular formula is C43H60O4P2. The Labute approximate surface area is 301 Å². The summed E-state index contributed by atoms with van der Waals surface area (Å²) >= 11 is 0. The van der Waals surface area contributed by atoms with Crippen molar-refractivity contribution in [1.82, 2.24) is 0 Å². The predicted octanol–water partition coefficient (Wildman–Crippen LogP) is 13.4. The van der Waals surface area contributed by atoms with E-state index in [0.717, 1.165) is 70.1 Å². The van der Waals surface area contributed by atoms with Crippen molar-refractivity contribution in [2.75, 3.05) is 6.16 Å². The molecule has 3 rings (SSSR count). The van der Waals surface area contributed by atoms with Crippen molar-refractivity contribution in [2.45, 2.75) is 133 Å². The minimum absolute atomic E-state index is 0.0526. The summed E-state index contributed by atoms with van der Waals surface area (Å²) in [6.07, 6.45) is 19.4. The van der Waals surface area contributed by atoms with Gasteiger partial charge < -0.3 is 18.3 Å². The van der Waals surface area contributed by atoms with Crippen LogP contribution in [0.15, 0.2) is 59.6 Å². The van der Waals surface area contributed by atoms with E-state index < -0.39 is 8.38 Å². The first-order valence-electron chi connectivity index (χ1n) is 17.7. The summed E-state index contributed by atoms with van der Waals surface area (Å²) in [4.78, 5) is 0. The molecular weight excluding hydrogens is 642 g/mol. The van der Waals surface area contributed by atoms with Gasteiger partial charge in [-0.3, -0.25) is 0 Å². The van der Waals surface area contributed by atoms with E-state index in [-0.39, 0.29) is 25.5 Å². The molecule has 1 aliphatic rings. The van der Waals surface area contributed by atoms with Crippen LogP contribution in [0.4, 0.5) is 0 Å². The maximum absolute atomic E-state index is 7.04. The van der Waals surface area contributed by atoms with Crippen molar-refractivity contribution < 1.29 is 18.3 Å². The number of ether oxygens (including phenoxy) is 1. The lowest BCUT2D eigenvalue weighted by Gasteiger charge is -2.32. The summed E-state index contributed by atoms with van der Waals surface area (Å²) in [7, 11) is -1.21. The van der Waals surface area contributed by atoms with E-state index in [1.807, 2.05) is 19.9 Å². The van der Waals surface area contributed by atoms with Crippen molar-refractivity contribution in [3.05, 3.63) is 93.0 Å². The zero-order valence-electron chi connectivity index (χ0n) is 32.6. The van der Waals surface area contributed by atoms with Gasteiger partial charge in [0.05, 0.1) is 0 Å². The van der Waals surface area contributed by atoms with Gasteiger partial charge in [-0.05, 0) is 135 Å². The Balaban J connectivity index is 2.32. The maximum atomic E-state index is 7.04. The number of hydrogen-bond acceptors (Lipinski definition) is 4. The summed E-state index contributed by atoms with van der Waals surface area (Å²) in [5, 5.41) is 0. The van der Waals surface area contributed by atoms with Gasteiger partial charge in [0, 0.05) is 17.3 Å². The van der Waals surface area contributed by atoms with Crippen molar-refractivity contribution in [2.24, 2.45) is 0 Å². The second-order valence-electron chi connectivity index (χ2n) is 14.9. The fraction of sp³-hybridized carbons (Fsp3) is 0.488. The van der Waals surface area contributed by atoms with Crippen LogP contribution in [0.1, 0.15) is 122 Å². The summed E-state index contributed by atoms with van der Waals surface area (Å²) in [6.45, 7) is 30.7. The van der Waals surface area contributed by atoms with Crippen LogP contribution in [0.25, 0.3) is 11.1 Å². The van der Waals surface area contributed by atoms with Gasteiger partial charge in [0.1, 0.15) is 31.8 Å². The van der Waals surface area contributed by atoms with Gasteiger partial charge in [0.2, 0.25) is 0 Å². The quantitative estimate of drug-likeness (QED) is 0.0901. The Bertz CT molecular complexity index is 1650. The third kappa shape index (κ3) is 10.1. The van der Waals surface area contributed by atoms with Crippen LogP contribution in [0.3, 0.4) is 0 Å². The first-order valence-corrected chi connectivity index (χ1v) is 20.0. The van der Waals surface area contributed by atoms with Gasteiger partial charge in [-0.2, -0.15) is 0 Å². The molecule has 0 fully saturated rings. The predicted molar refractivity (Wildman–Crippen MR) is 214 cm³/mol. The number of aryl methyl sites for hydroxylation is 2. The minimum Gasteiger partial charge on any atom is -0.483 e. The molecule has 0 amide bonds. The molecule has 3 unspecified atom stereocenters. The lowest BCUT2D eigenvalue weighted by Crippen LogP contribution is -2.17. The van der Waals surface area contributed by atoms with E-state index in [1.54, 1.807) is 6.08 Å². The highest BCUT2D eigenvalue weighted by molar-refractivity contribution is 7.47. The smallest absolute Gasteiger partial charge is 0.290 e. The lowest BCUT2D eigenvalue weighted by molar-refractivity contribution is 0.184. The van der Waals surface area contributed by atoms with Gasteiger partial charge in [-0.25, -0.2) is 0 Å². The Morgan fingerprint density at radius 2 is 1.51 bits per heavy atom. The molecule has 0 radical (unpaired) electrons. The molecule has 49 heavy (non-hydrogen) atoms. The standard InChI is InChI=1S/C43H60O4P2/c1-16-23-28(5)36(17-2)46-49(19-4)47-41-30(7)27-35(43(13,14)15)32(9)39(41)38-31(8)34(42(10,11)12)26-29(6)40(38)45-48-37(18-3)44-33-24-21-20-22-25-33/h1,17,21,23-27,37,48H,18-20,22H2,2-15H3/b28-23-,36-17+. The monoisotopic (exact) mass is 702 g/mol. The summed E-state index contributed by atoms with van der Waals surface area (Å²) in [5.41, 5.74) is 10.1. The van der Waals surface area contributed by atoms with Gasteiger partial charge in [0.25, 0.3) is 8.38 Å². The molecule has 0 bridgehead atoms. The van der Waals surface area contributed by atoms with Gasteiger partial charge in [0.15, 0.2) is 5.85 Å². The number of hydrogen-bond donors (Lipinski definition) is 0. The number of allylic oxidation sites excluding steroid dienone is 6. The molecule has 6 heteroatoms. The fourth-order valence-electron chi connectivity index (χ4n) is 6.26. The fourth-order valence-corrected chi connectivity index (χ4v) is 8.32. The molecule has 1 aliphatic carbocycles. The zero-order valence-corrected chi connectivity index (χ0v) is 34.5. The van der Waals surface area contributed by atoms with Crippen LogP contribution >= 0.6 is 17.2 Å². The molecule has 2 aromatic rings. The lowest BCUT2D eigenvalue weighted by atomic mass is 9.76. The molecule has 0 N–H and O–H groups in total. The van der Waals surface area contributed by atoms with Gasteiger partial charge >= 0.3 is 0 Å². The highest BCUT2D eigenvalue weighted by atomic mass is 31.2. The second kappa shape index (κ2) is 17.3. The van der Waals surface area contributed by atoms with E-state index in [9.17, 15) is 0 Å². The molecule has 3 atom stereocenters. The summed E-state index contributed by atoms with van der Waals surface area (Å²) in [5.74, 6) is 5.99. The van der Waals surface area contributed by atoms with Crippen LogP contribution in [-0.4, -0.2) is 12.0 Å². The molecule has 0 saturated heterocycles. The third-order valence-corrected chi connectivity index (χ3v) is 11.2. The second-order valence-corrected chi connectivity index (χ2v) is 17.7. The van der Waals surface area contributed by atoms with E-state index in [1.165, 1.54) is 22.3 Å². The van der Waals surface area contributed by atoms with Crippen molar-refractivity contribution in [1.29, 1.82) is 0 Å². The number of benzene rings is 2. The molecule has 0 aromatic heterocycles. The molecule has 2 aromatic carbocycles. The van der Waals surface area contributed by atoms with E-state index in [0.29, 0.717) is 6.16 Å². The molecule has 0 saturated carbocycles. The first-order chi connectivity index (χ1) is 23.0. The Hall–Kier alpha value is -2.98. The molecule has 4 nitrogen and oxygen atoms in total. The molecule has 0 heterocycles. The topological polar surface area (TPSA) is 36.9 Å². The largest absolute Gasteiger partial charge is 0.483 e. The number of rotatable bonds is 13. The number of terminal acetylenes is 1. The molecule has 266 valence electrons. The van der Waals surface area contributed by atoms with Crippen LogP contribution < -0.4 is 9.05 Å². The Kier molecular flexibility index (Phi) is 14.3. The van der Waals surface area contributed by atoms with Crippen molar-refractivity contribution in [3.8, 4) is 35.0 Å². The van der Waals surface area contributed by atoms with Crippen molar-refractivity contribution in [3.63, 3.8) is 0 Å². The first kappa shape index (κ1) is 40.4. The van der Waals surface area contributed by atoms with E-state index in [4.69, 9.17) is 24.7 Å². The van der Waals surface area contributed by atoms with Crippen LogP contribution in [-0.2, 0) is 20.1 Å². The van der Waals surface area contributed by atoms with E-state index in [2.05, 4.69) is 119 Å². The SMILES string of the molecule is C#C/C=C(C)\C(=C/C)OP(CC)Oc1c(C)cc(C(C)(C)C)c(C)c1-c1c(C)c(C(C)(C)C)cc(C)c1OPC(CC)OC1=CCCC=C1. The Morgan fingerprint density at radius 3 is 1.98 bits per heavy atom. The van der Waals surface area contributed by atoms with Gasteiger partial charge in [-0.1, -0.05) is 79.5 Å². The Morgan fingerprint density at radius 1 is 0.939 bits per heavy atom. The van der Waals surface area contributed by atoms with Crippen LogP contribution in [0, 0.1) is 40.0 Å². The maximum Gasteiger partial charge on any atom is 0.290 e. The van der Waals surface area contributed by atoms with E-state index >= 15 is 0 Å². The zero-order chi connectivity index (χ0) is 36.7. The molecule has 0 aliphatic heterocycles. The van der Waals surface area contributed by atoms with Crippen LogP contribution in [0.2, 0.25) is 0 Å². The highest BCUT2D eigenvalue weighted by Crippen LogP contribution is 2.54. The van der Waals surface area contributed by atoms with Crippen molar-refractivity contribution >= 4 is 17.2 Å². The third-order valence-electron chi connectivity index (χ3n) is 8.82. The summed E-state index contributed by atoms with van der Waals surface area (Å²) in [6, 6.07) is 4.60. The summed E-state index contributed by atoms with van der Waals surface area (Å²) < 4.78 is 27.0. The van der Waals surface area contributed by atoms with Crippen LogP contribution in [0.5, 0.6) is 11.5 Å². The average Bonchev–Trinajstić information content (AvgIpc) is 3.03. The highest BCUT2D eigenvalue weighted by Gasteiger charge is 2.31. The molecule has 0 spiro atoms. The minimum atomic E-state index is -1.33.